The molecule has 0 aliphatic carbocycles. The van der Waals surface area contributed by atoms with Crippen molar-refractivity contribution >= 4 is 27.6 Å². The van der Waals surface area contributed by atoms with E-state index in [0.29, 0.717) is 18.8 Å². The average Bonchev–Trinajstić information content (AvgIpc) is 2.82. The molecular weight excluding hydrogens is 456 g/mol. The maximum atomic E-state index is 13.4. The zero-order valence-electron chi connectivity index (χ0n) is 20.0. The highest BCUT2D eigenvalue weighted by Gasteiger charge is 2.34. The smallest absolute Gasteiger partial charge is 0.338 e. The number of piperidine rings is 1. The summed E-state index contributed by atoms with van der Waals surface area (Å²) in [6, 6.07) is 11.5. The average molecular weight is 489 g/mol. The van der Waals surface area contributed by atoms with Crippen molar-refractivity contribution in [2.45, 2.75) is 38.5 Å². The lowest BCUT2D eigenvalue weighted by atomic mass is 9.94. The number of methoxy groups -OCH3 is 1. The van der Waals surface area contributed by atoms with Crippen molar-refractivity contribution in [1.82, 2.24) is 4.31 Å². The number of anilines is 1. The highest BCUT2D eigenvalue weighted by atomic mass is 32.2. The zero-order chi connectivity index (χ0) is 24.9. The molecule has 0 spiro atoms. The van der Waals surface area contributed by atoms with Gasteiger partial charge in [-0.1, -0.05) is 32.9 Å². The first-order valence-corrected chi connectivity index (χ1v) is 12.8. The standard InChI is InChI=1S/C25H32N2O6S/c1-5-19-6-9-21(10-7-19)26-24(28)16-33-25(29)20-8-11-22(32-4)23(13-20)34(30,31)27-14-17(2)12-18(3)15-27/h6-11,13,17-18H,5,12,14-16H2,1-4H3,(H,26,28). The number of hydrogen-bond acceptors (Lipinski definition) is 6. The number of aryl methyl sites for hydroxylation is 1. The predicted octanol–water partition coefficient (Wildman–Crippen LogP) is 3.72. The van der Waals surface area contributed by atoms with E-state index >= 15 is 0 Å². The molecule has 3 rings (SSSR count). The second-order valence-corrected chi connectivity index (χ2v) is 10.7. The summed E-state index contributed by atoms with van der Waals surface area (Å²) >= 11 is 0. The van der Waals surface area contributed by atoms with Crippen LogP contribution in [-0.4, -0.2) is 51.4 Å². The van der Waals surface area contributed by atoms with E-state index in [1.165, 1.54) is 29.6 Å². The Hall–Kier alpha value is -2.91. The van der Waals surface area contributed by atoms with Gasteiger partial charge in [-0.05, 0) is 60.6 Å². The molecule has 9 heteroatoms. The lowest BCUT2D eigenvalue weighted by molar-refractivity contribution is -0.119. The van der Waals surface area contributed by atoms with Crippen LogP contribution in [0.5, 0.6) is 5.75 Å². The Morgan fingerprint density at radius 1 is 1.06 bits per heavy atom. The van der Waals surface area contributed by atoms with E-state index in [0.717, 1.165) is 18.4 Å². The number of benzene rings is 2. The first kappa shape index (κ1) is 25.7. The molecule has 0 aromatic heterocycles. The molecule has 2 aromatic rings. The molecule has 184 valence electrons. The lowest BCUT2D eigenvalue weighted by Gasteiger charge is -2.34. The normalized spacial score (nSPS) is 18.8. The molecule has 2 atom stereocenters. The second-order valence-electron chi connectivity index (χ2n) is 8.81. The van der Waals surface area contributed by atoms with Gasteiger partial charge in [0, 0.05) is 18.8 Å². The fourth-order valence-electron chi connectivity index (χ4n) is 4.18. The van der Waals surface area contributed by atoms with Crippen LogP contribution in [0.4, 0.5) is 5.69 Å². The van der Waals surface area contributed by atoms with E-state index in [1.807, 2.05) is 32.9 Å². The summed E-state index contributed by atoms with van der Waals surface area (Å²) in [7, 11) is -2.50. The molecule has 1 amide bonds. The summed E-state index contributed by atoms with van der Waals surface area (Å²) in [5.74, 6) is -0.675. The Balaban J connectivity index is 1.71. The number of esters is 1. The molecule has 1 saturated heterocycles. The van der Waals surface area contributed by atoms with Crippen LogP contribution in [0.1, 0.15) is 43.1 Å². The maximum absolute atomic E-state index is 13.4. The molecule has 8 nitrogen and oxygen atoms in total. The third-order valence-corrected chi connectivity index (χ3v) is 7.69. The number of carbonyl (C=O) groups excluding carboxylic acids is 2. The Kier molecular flexibility index (Phi) is 8.33. The van der Waals surface area contributed by atoms with Crippen LogP contribution < -0.4 is 10.1 Å². The molecule has 0 saturated carbocycles. The monoisotopic (exact) mass is 488 g/mol. The third kappa shape index (κ3) is 6.15. The van der Waals surface area contributed by atoms with E-state index in [-0.39, 0.29) is 28.0 Å². The summed E-state index contributed by atoms with van der Waals surface area (Å²) in [4.78, 5) is 24.7. The van der Waals surface area contributed by atoms with Crippen molar-refractivity contribution in [3.63, 3.8) is 0 Å². The van der Waals surface area contributed by atoms with E-state index in [4.69, 9.17) is 9.47 Å². The minimum atomic E-state index is -3.88. The van der Waals surface area contributed by atoms with Gasteiger partial charge in [-0.15, -0.1) is 0 Å². The van der Waals surface area contributed by atoms with Gasteiger partial charge in [0.1, 0.15) is 10.6 Å². The topological polar surface area (TPSA) is 102 Å². The fraction of sp³-hybridized carbons (Fsp3) is 0.440. The van der Waals surface area contributed by atoms with Gasteiger partial charge >= 0.3 is 5.97 Å². The van der Waals surface area contributed by atoms with Crippen molar-refractivity contribution in [1.29, 1.82) is 0 Å². The number of carbonyl (C=O) groups is 2. The lowest BCUT2D eigenvalue weighted by Crippen LogP contribution is -2.42. The summed E-state index contributed by atoms with van der Waals surface area (Å²) < 4.78 is 38.6. The number of ether oxygens (including phenoxy) is 2. The van der Waals surface area contributed by atoms with Crippen LogP contribution in [0.15, 0.2) is 47.4 Å². The molecule has 1 heterocycles. The molecule has 1 N–H and O–H groups in total. The number of amides is 1. The Labute approximate surface area is 201 Å². The fourth-order valence-corrected chi connectivity index (χ4v) is 6.04. The van der Waals surface area contributed by atoms with Crippen molar-refractivity contribution in [3.05, 3.63) is 53.6 Å². The highest BCUT2D eigenvalue weighted by Crippen LogP contribution is 2.32. The number of nitrogens with zero attached hydrogens (tertiary/aromatic N) is 1. The maximum Gasteiger partial charge on any atom is 0.338 e. The highest BCUT2D eigenvalue weighted by molar-refractivity contribution is 7.89. The third-order valence-electron chi connectivity index (χ3n) is 5.83. The van der Waals surface area contributed by atoms with Crippen molar-refractivity contribution in [2.24, 2.45) is 11.8 Å². The minimum Gasteiger partial charge on any atom is -0.495 e. The predicted molar refractivity (Wildman–Crippen MR) is 129 cm³/mol. The van der Waals surface area contributed by atoms with Crippen LogP contribution in [0.2, 0.25) is 0 Å². The van der Waals surface area contributed by atoms with Gasteiger partial charge in [-0.3, -0.25) is 4.79 Å². The molecule has 34 heavy (non-hydrogen) atoms. The molecule has 0 bridgehead atoms. The second kappa shape index (κ2) is 11.0. The van der Waals surface area contributed by atoms with Gasteiger partial charge in [0.25, 0.3) is 5.91 Å². The van der Waals surface area contributed by atoms with E-state index < -0.39 is 28.5 Å². The quantitative estimate of drug-likeness (QED) is 0.568. The summed E-state index contributed by atoms with van der Waals surface area (Å²) in [6.07, 6.45) is 1.85. The van der Waals surface area contributed by atoms with Gasteiger partial charge in [0.05, 0.1) is 12.7 Å². The Bertz CT molecular complexity index is 1120. The zero-order valence-corrected chi connectivity index (χ0v) is 20.9. The van der Waals surface area contributed by atoms with Crippen molar-refractivity contribution in [2.75, 3.05) is 32.1 Å². The molecule has 1 fully saturated rings. The molecule has 1 aliphatic rings. The number of rotatable bonds is 8. The summed E-state index contributed by atoms with van der Waals surface area (Å²) in [5.41, 5.74) is 1.77. The van der Waals surface area contributed by atoms with Crippen molar-refractivity contribution in [3.8, 4) is 5.75 Å². The molecular formula is C25H32N2O6S. The Morgan fingerprint density at radius 2 is 1.71 bits per heavy atom. The van der Waals surface area contributed by atoms with Crippen molar-refractivity contribution < 1.29 is 27.5 Å². The number of nitrogens with one attached hydrogen (secondary N) is 1. The van der Waals surface area contributed by atoms with Crippen LogP contribution >= 0.6 is 0 Å². The van der Waals surface area contributed by atoms with Gasteiger partial charge < -0.3 is 14.8 Å². The summed E-state index contributed by atoms with van der Waals surface area (Å²) in [6.45, 7) is 6.40. The van der Waals surface area contributed by atoms with Crippen LogP contribution in [0.25, 0.3) is 0 Å². The van der Waals surface area contributed by atoms with Gasteiger partial charge in [-0.25, -0.2) is 13.2 Å². The first-order chi connectivity index (χ1) is 16.1. The van der Waals surface area contributed by atoms with Gasteiger partial charge in [-0.2, -0.15) is 4.31 Å². The summed E-state index contributed by atoms with van der Waals surface area (Å²) in [5, 5.41) is 2.67. The Morgan fingerprint density at radius 3 is 2.29 bits per heavy atom. The molecule has 2 aromatic carbocycles. The van der Waals surface area contributed by atoms with Gasteiger partial charge in [0.15, 0.2) is 6.61 Å². The molecule has 2 unspecified atom stereocenters. The van der Waals surface area contributed by atoms with E-state index in [1.54, 1.807) is 12.1 Å². The molecule has 0 radical (unpaired) electrons. The van der Waals surface area contributed by atoms with Crippen LogP contribution in [-0.2, 0) is 26.0 Å². The van der Waals surface area contributed by atoms with Gasteiger partial charge in [0.2, 0.25) is 10.0 Å². The SMILES string of the molecule is CCc1ccc(NC(=O)COC(=O)c2ccc(OC)c(S(=O)(=O)N3CC(C)CC(C)C3)c2)cc1. The molecule has 1 aliphatic heterocycles. The number of sulfonamides is 1. The van der Waals surface area contributed by atoms with E-state index in [9.17, 15) is 18.0 Å². The van der Waals surface area contributed by atoms with Crippen LogP contribution in [0, 0.1) is 11.8 Å². The van der Waals surface area contributed by atoms with Crippen LogP contribution in [0.3, 0.4) is 0 Å². The minimum absolute atomic E-state index is 0.0255. The largest absolute Gasteiger partial charge is 0.495 e. The number of hydrogen-bond donors (Lipinski definition) is 1. The first-order valence-electron chi connectivity index (χ1n) is 11.4. The van der Waals surface area contributed by atoms with E-state index in [2.05, 4.69) is 5.32 Å².